The maximum Gasteiger partial charge on any atom is 0.338 e. The van der Waals surface area contributed by atoms with Crippen molar-refractivity contribution in [3.8, 4) is 11.5 Å². The number of methoxy groups -OCH3 is 2. The quantitative estimate of drug-likeness (QED) is 0.256. The molecule has 0 saturated carbocycles. The lowest BCUT2D eigenvalue weighted by atomic mass is 9.93. The minimum absolute atomic E-state index is 0.159. The molecule has 0 spiro atoms. The van der Waals surface area contributed by atoms with Gasteiger partial charge in [-0.05, 0) is 40.5 Å². The minimum Gasteiger partial charge on any atom is -0.493 e. The van der Waals surface area contributed by atoms with E-state index in [1.807, 2.05) is 42.5 Å². The average Bonchev–Trinajstić information content (AvgIpc) is 3.58. The number of rotatable bonds is 8. The van der Waals surface area contributed by atoms with Crippen molar-refractivity contribution >= 4 is 50.9 Å². The summed E-state index contributed by atoms with van der Waals surface area (Å²) in [5.41, 5.74) is 1.73. The van der Waals surface area contributed by atoms with Gasteiger partial charge in [0.2, 0.25) is 5.88 Å². The molecular weight excluding hydrogens is 650 g/mol. The molecule has 0 amide bonds. The van der Waals surface area contributed by atoms with E-state index in [1.165, 1.54) is 23.0 Å². The van der Waals surface area contributed by atoms with E-state index >= 15 is 0 Å². The molecule has 44 heavy (non-hydrogen) atoms. The van der Waals surface area contributed by atoms with Crippen molar-refractivity contribution in [2.75, 3.05) is 52.0 Å². The number of ether oxygens (including phenoxy) is 4. The molecule has 2 aliphatic rings. The van der Waals surface area contributed by atoms with Gasteiger partial charge in [0.05, 0.1) is 60.4 Å². The van der Waals surface area contributed by atoms with Crippen LogP contribution in [0.3, 0.4) is 0 Å². The summed E-state index contributed by atoms with van der Waals surface area (Å²) in [6.07, 6.45) is 1.71. The van der Waals surface area contributed by atoms with Gasteiger partial charge in [-0.3, -0.25) is 9.36 Å². The second-order valence-electron chi connectivity index (χ2n) is 9.95. The molecule has 10 nitrogen and oxygen atoms in total. The van der Waals surface area contributed by atoms with E-state index in [9.17, 15) is 9.59 Å². The van der Waals surface area contributed by atoms with Gasteiger partial charge < -0.3 is 28.3 Å². The largest absolute Gasteiger partial charge is 0.493 e. The highest BCUT2D eigenvalue weighted by Gasteiger charge is 2.35. The number of thiazole rings is 1. The molecule has 2 aliphatic heterocycles. The number of morpholine rings is 1. The van der Waals surface area contributed by atoms with E-state index in [0.717, 1.165) is 10.0 Å². The second kappa shape index (κ2) is 12.8. The number of nitrogens with zero attached hydrogens (tertiary/aromatic N) is 3. The summed E-state index contributed by atoms with van der Waals surface area (Å²) in [4.78, 5) is 35.3. The number of hydrogen-bond acceptors (Lipinski definition) is 10. The Morgan fingerprint density at radius 1 is 1.09 bits per heavy atom. The fraction of sp³-hybridized carbons (Fsp3) is 0.281. The summed E-state index contributed by atoms with van der Waals surface area (Å²) in [5.74, 6) is 1.62. The van der Waals surface area contributed by atoms with Gasteiger partial charge in [-0.1, -0.05) is 47.7 Å². The first kappa shape index (κ1) is 29.9. The van der Waals surface area contributed by atoms with Crippen molar-refractivity contribution in [3.05, 3.63) is 101 Å². The molecule has 0 aliphatic carbocycles. The van der Waals surface area contributed by atoms with Crippen molar-refractivity contribution < 1.29 is 28.2 Å². The highest BCUT2D eigenvalue weighted by molar-refractivity contribution is 9.10. The maximum absolute atomic E-state index is 14.2. The van der Waals surface area contributed by atoms with Crippen LogP contribution in [0, 0.1) is 0 Å². The van der Waals surface area contributed by atoms with Crippen molar-refractivity contribution in [2.24, 2.45) is 4.99 Å². The van der Waals surface area contributed by atoms with Crippen LogP contribution in [0.15, 0.2) is 78.8 Å². The zero-order valence-corrected chi connectivity index (χ0v) is 26.8. The van der Waals surface area contributed by atoms with E-state index in [0.29, 0.717) is 70.0 Å². The maximum atomic E-state index is 14.2. The first-order chi connectivity index (χ1) is 21.4. The van der Waals surface area contributed by atoms with E-state index in [4.69, 9.17) is 28.4 Å². The van der Waals surface area contributed by atoms with Gasteiger partial charge in [0.1, 0.15) is 5.76 Å². The monoisotopic (exact) mass is 679 g/mol. The smallest absolute Gasteiger partial charge is 0.338 e. The summed E-state index contributed by atoms with van der Waals surface area (Å²) >= 11 is 4.83. The third-order valence-corrected chi connectivity index (χ3v) is 8.91. The van der Waals surface area contributed by atoms with Crippen molar-refractivity contribution in [1.82, 2.24) is 4.57 Å². The Kier molecular flexibility index (Phi) is 8.74. The first-order valence-electron chi connectivity index (χ1n) is 14.1. The predicted octanol–water partition coefficient (Wildman–Crippen LogP) is 4.14. The molecule has 1 fully saturated rings. The lowest BCUT2D eigenvalue weighted by molar-refractivity contribution is -0.138. The number of carbonyl (C=O) groups is 1. The average molecular weight is 681 g/mol. The number of carbonyl (C=O) groups excluding carboxylic acids is 1. The fourth-order valence-electron chi connectivity index (χ4n) is 5.34. The Hall–Kier alpha value is -4.13. The molecule has 0 unspecified atom stereocenters. The number of esters is 1. The van der Waals surface area contributed by atoms with Crippen LogP contribution in [-0.2, 0) is 14.3 Å². The molecule has 228 valence electrons. The first-order valence-corrected chi connectivity index (χ1v) is 15.7. The molecule has 2 aromatic heterocycles. The van der Waals surface area contributed by atoms with Crippen LogP contribution in [0.2, 0.25) is 0 Å². The summed E-state index contributed by atoms with van der Waals surface area (Å²) in [7, 11) is 3.09. The number of fused-ring (bicyclic) bond motifs is 1. The molecule has 4 aromatic rings. The lowest BCUT2D eigenvalue weighted by Gasteiger charge is -2.26. The molecule has 4 heterocycles. The van der Waals surface area contributed by atoms with Gasteiger partial charge in [0.25, 0.3) is 5.56 Å². The van der Waals surface area contributed by atoms with Crippen molar-refractivity contribution in [3.63, 3.8) is 0 Å². The molecule has 0 bridgehead atoms. The third-order valence-electron chi connectivity index (χ3n) is 7.36. The van der Waals surface area contributed by atoms with E-state index in [2.05, 4.69) is 20.8 Å². The lowest BCUT2D eigenvalue weighted by Crippen LogP contribution is -2.40. The topological polar surface area (TPSA) is 105 Å². The molecule has 12 heteroatoms. The number of anilines is 1. The molecule has 1 atom stereocenters. The Morgan fingerprint density at radius 2 is 1.84 bits per heavy atom. The summed E-state index contributed by atoms with van der Waals surface area (Å²) in [6.45, 7) is 4.55. The van der Waals surface area contributed by atoms with Crippen LogP contribution < -0.4 is 29.3 Å². The summed E-state index contributed by atoms with van der Waals surface area (Å²) in [5, 5.41) is 0. The number of benzene rings is 2. The molecule has 6 rings (SSSR count). The van der Waals surface area contributed by atoms with Gasteiger partial charge in [0.15, 0.2) is 16.3 Å². The molecule has 0 N–H and O–H groups in total. The number of hydrogen-bond donors (Lipinski definition) is 0. The van der Waals surface area contributed by atoms with E-state index in [-0.39, 0.29) is 17.7 Å². The number of furan rings is 1. The summed E-state index contributed by atoms with van der Waals surface area (Å²) in [6, 6.07) is 15.7. The van der Waals surface area contributed by atoms with Gasteiger partial charge in [-0.2, -0.15) is 0 Å². The standard InChI is InChI=1S/C32H30BrN3O7S/c1-4-42-31(38)26-27(19-8-6-5-7-9-19)34-32-36(28(26)20-10-11-23(39-2)24(16-20)40-3)29(37)25(44-32)18-21-17-22(33)30(43-21)35-12-14-41-15-13-35/h5-11,16-18,28H,4,12-15H2,1-3H3/t28-/m1/s1. The number of aromatic nitrogens is 1. The van der Waals surface area contributed by atoms with E-state index in [1.54, 1.807) is 32.2 Å². The van der Waals surface area contributed by atoms with Crippen molar-refractivity contribution in [2.45, 2.75) is 13.0 Å². The van der Waals surface area contributed by atoms with Gasteiger partial charge in [-0.25, -0.2) is 9.79 Å². The van der Waals surface area contributed by atoms with Gasteiger partial charge in [-0.15, -0.1) is 0 Å². The Labute approximate surface area is 265 Å². The predicted molar refractivity (Wildman–Crippen MR) is 170 cm³/mol. The zero-order valence-electron chi connectivity index (χ0n) is 24.4. The Bertz CT molecular complexity index is 1910. The zero-order chi connectivity index (χ0) is 30.8. The minimum atomic E-state index is -0.852. The highest BCUT2D eigenvalue weighted by Crippen LogP contribution is 2.38. The van der Waals surface area contributed by atoms with Crippen LogP contribution in [0.25, 0.3) is 11.8 Å². The van der Waals surface area contributed by atoms with Crippen LogP contribution in [0.4, 0.5) is 5.88 Å². The second-order valence-corrected chi connectivity index (χ2v) is 11.8. The van der Waals surface area contributed by atoms with Crippen LogP contribution in [0.1, 0.15) is 29.9 Å². The molecular formula is C32H30BrN3O7S. The van der Waals surface area contributed by atoms with Crippen LogP contribution in [0.5, 0.6) is 11.5 Å². The van der Waals surface area contributed by atoms with Crippen LogP contribution in [-0.4, -0.2) is 57.7 Å². The van der Waals surface area contributed by atoms with Crippen molar-refractivity contribution in [1.29, 1.82) is 0 Å². The molecule has 0 radical (unpaired) electrons. The Balaban J connectivity index is 1.57. The number of halogens is 1. The molecule has 1 saturated heterocycles. The SMILES string of the molecule is CCOC(=O)C1=C(c2ccccc2)N=c2sc(=Cc3cc(Br)c(N4CCOCC4)o3)c(=O)n2[C@@H]1c1ccc(OC)c(OC)c1. The Morgan fingerprint density at radius 3 is 2.55 bits per heavy atom. The molecule has 2 aromatic carbocycles. The van der Waals surface area contributed by atoms with Gasteiger partial charge in [0, 0.05) is 30.8 Å². The fourth-order valence-corrected chi connectivity index (χ4v) is 6.88. The summed E-state index contributed by atoms with van der Waals surface area (Å²) < 4.78 is 31.0. The van der Waals surface area contributed by atoms with Crippen LogP contribution >= 0.6 is 27.3 Å². The van der Waals surface area contributed by atoms with Gasteiger partial charge >= 0.3 is 5.97 Å². The normalized spacial score (nSPS) is 16.9. The highest BCUT2D eigenvalue weighted by atomic mass is 79.9. The van der Waals surface area contributed by atoms with E-state index < -0.39 is 12.0 Å². The third kappa shape index (κ3) is 5.60.